The lowest BCUT2D eigenvalue weighted by Gasteiger charge is -2.36. The zero-order valence-corrected chi connectivity index (χ0v) is 17.9. The van der Waals surface area contributed by atoms with E-state index < -0.39 is 46.9 Å². The molecule has 0 aromatic heterocycles. The molecule has 0 radical (unpaired) electrons. The molecule has 2 fully saturated rings. The standard InChI is InChI=1S/C22H28F2N2O5/c1-22(2,3)31-21(30)26-14-6-4-12(9-14)19(26)16(28)10-13(20(25)29)8-11-5-7-15(27)18(24)17(11)23/h5,7,12-14,19,27H,4,6,8-10H2,1-3H3,(H2,25,29)/t12-,13+,14+,19-/m0/s1. The summed E-state index contributed by atoms with van der Waals surface area (Å²) in [6.07, 6.45) is 1.10. The largest absolute Gasteiger partial charge is 0.505 e. The van der Waals surface area contributed by atoms with Gasteiger partial charge < -0.3 is 15.6 Å². The second kappa shape index (κ2) is 8.43. The van der Waals surface area contributed by atoms with Crippen LogP contribution in [0.4, 0.5) is 13.6 Å². The number of nitrogens with two attached hydrogens (primary N) is 1. The van der Waals surface area contributed by atoms with Crippen molar-refractivity contribution >= 4 is 17.8 Å². The van der Waals surface area contributed by atoms with Crippen LogP contribution in [0.1, 0.15) is 52.0 Å². The van der Waals surface area contributed by atoms with Gasteiger partial charge in [0.25, 0.3) is 0 Å². The van der Waals surface area contributed by atoms with Crippen molar-refractivity contribution in [2.75, 3.05) is 0 Å². The number of ketones is 1. The summed E-state index contributed by atoms with van der Waals surface area (Å²) in [6.45, 7) is 5.22. The van der Waals surface area contributed by atoms with Gasteiger partial charge in [-0.1, -0.05) is 6.07 Å². The minimum absolute atomic E-state index is 0.0265. The number of nitrogens with zero attached hydrogens (tertiary/aromatic N) is 1. The number of phenolic OH excluding ortho intramolecular Hbond substituents is 1. The third-order valence-electron chi connectivity index (χ3n) is 5.98. The molecular weight excluding hydrogens is 410 g/mol. The first-order chi connectivity index (χ1) is 14.4. The SMILES string of the molecule is CC(C)(C)OC(=O)N1[C@@H]2CC[C@@H](C2)[C@H]1C(=O)C[C@@H](Cc1ccc(O)c(F)c1F)C(N)=O. The van der Waals surface area contributed by atoms with E-state index in [-0.39, 0.29) is 36.1 Å². The van der Waals surface area contributed by atoms with Gasteiger partial charge in [0.2, 0.25) is 11.7 Å². The van der Waals surface area contributed by atoms with E-state index in [1.54, 1.807) is 20.8 Å². The van der Waals surface area contributed by atoms with Crippen LogP contribution in [-0.2, 0) is 20.7 Å². The Morgan fingerprint density at radius 1 is 1.23 bits per heavy atom. The predicted molar refractivity (Wildman–Crippen MR) is 107 cm³/mol. The number of carbonyl (C=O) groups is 3. The molecule has 1 aromatic carbocycles. The van der Waals surface area contributed by atoms with E-state index in [4.69, 9.17) is 10.5 Å². The lowest BCUT2D eigenvalue weighted by molar-refractivity contribution is -0.131. The number of carbonyl (C=O) groups excluding carboxylic acids is 3. The number of likely N-dealkylation sites (tertiary alicyclic amines) is 1. The van der Waals surface area contributed by atoms with Gasteiger partial charge in [-0.3, -0.25) is 14.5 Å². The van der Waals surface area contributed by atoms with Gasteiger partial charge in [-0.05, 0) is 64.0 Å². The normalized spacial score (nSPS) is 23.6. The number of Topliss-reactive ketones (excluding diaryl/α,β-unsaturated/α-hetero) is 1. The Labute approximate surface area is 179 Å². The van der Waals surface area contributed by atoms with E-state index in [2.05, 4.69) is 0 Å². The van der Waals surface area contributed by atoms with Gasteiger partial charge in [-0.25, -0.2) is 9.18 Å². The molecule has 1 aliphatic carbocycles. The lowest BCUT2D eigenvalue weighted by Crippen LogP contribution is -2.51. The first kappa shape index (κ1) is 23.0. The number of rotatable bonds is 6. The number of hydrogen-bond acceptors (Lipinski definition) is 5. The number of piperidine rings is 1. The molecule has 0 spiro atoms. The molecule has 1 aromatic rings. The number of fused-ring (bicyclic) bond motifs is 2. The van der Waals surface area contributed by atoms with Crippen molar-refractivity contribution < 1.29 is 33.0 Å². The fourth-order valence-corrected chi connectivity index (χ4v) is 4.62. The van der Waals surface area contributed by atoms with E-state index in [0.717, 1.165) is 25.0 Å². The highest BCUT2D eigenvalue weighted by Crippen LogP contribution is 2.44. The van der Waals surface area contributed by atoms with Crippen molar-refractivity contribution in [2.45, 2.75) is 70.6 Å². The molecule has 1 saturated carbocycles. The van der Waals surface area contributed by atoms with Gasteiger partial charge in [-0.2, -0.15) is 4.39 Å². The second-order valence-electron chi connectivity index (χ2n) is 9.41. The van der Waals surface area contributed by atoms with E-state index in [9.17, 15) is 28.3 Å². The number of primary amides is 1. The Morgan fingerprint density at radius 3 is 2.52 bits per heavy atom. The second-order valence-corrected chi connectivity index (χ2v) is 9.41. The minimum atomic E-state index is -1.42. The van der Waals surface area contributed by atoms with Crippen LogP contribution in [-0.4, -0.2) is 45.5 Å². The van der Waals surface area contributed by atoms with Gasteiger partial charge >= 0.3 is 6.09 Å². The summed E-state index contributed by atoms with van der Waals surface area (Å²) in [5.41, 5.74) is 4.56. The Morgan fingerprint density at radius 2 is 1.90 bits per heavy atom. The summed E-state index contributed by atoms with van der Waals surface area (Å²) >= 11 is 0. The molecule has 31 heavy (non-hydrogen) atoms. The average molecular weight is 438 g/mol. The number of amides is 2. The number of benzene rings is 1. The highest BCUT2D eigenvalue weighted by Gasteiger charge is 2.52. The molecular formula is C22H28F2N2O5. The Kier molecular flexibility index (Phi) is 6.25. The monoisotopic (exact) mass is 438 g/mol. The van der Waals surface area contributed by atoms with Crippen LogP contribution < -0.4 is 5.73 Å². The fraction of sp³-hybridized carbons (Fsp3) is 0.591. The Bertz CT molecular complexity index is 899. The first-order valence-electron chi connectivity index (χ1n) is 10.4. The molecule has 3 rings (SSSR count). The summed E-state index contributed by atoms with van der Waals surface area (Å²) in [5, 5.41) is 9.27. The van der Waals surface area contributed by atoms with Crippen molar-refractivity contribution in [2.24, 2.45) is 17.6 Å². The van der Waals surface area contributed by atoms with Gasteiger partial charge in [0.1, 0.15) is 5.60 Å². The van der Waals surface area contributed by atoms with Gasteiger partial charge in [-0.15, -0.1) is 0 Å². The maximum Gasteiger partial charge on any atom is 0.411 e. The molecule has 0 unspecified atom stereocenters. The summed E-state index contributed by atoms with van der Waals surface area (Å²) in [5.74, 6) is -5.82. The Hall–Kier alpha value is -2.71. The topological polar surface area (TPSA) is 110 Å². The van der Waals surface area contributed by atoms with Crippen molar-refractivity contribution in [3.05, 3.63) is 29.3 Å². The van der Waals surface area contributed by atoms with Crippen LogP contribution in [0.2, 0.25) is 0 Å². The lowest BCUT2D eigenvalue weighted by atomic mass is 9.87. The molecule has 1 heterocycles. The van der Waals surface area contributed by atoms with E-state index in [0.29, 0.717) is 6.42 Å². The molecule has 3 N–H and O–H groups in total. The number of ether oxygens (including phenoxy) is 1. The molecule has 7 nitrogen and oxygen atoms in total. The molecule has 1 aliphatic heterocycles. The van der Waals surface area contributed by atoms with E-state index >= 15 is 0 Å². The minimum Gasteiger partial charge on any atom is -0.505 e. The third kappa shape index (κ3) is 4.80. The molecule has 4 atom stereocenters. The predicted octanol–water partition coefficient (Wildman–Crippen LogP) is 3.06. The number of phenols is 1. The smallest absolute Gasteiger partial charge is 0.411 e. The first-order valence-corrected chi connectivity index (χ1v) is 10.4. The van der Waals surface area contributed by atoms with Crippen molar-refractivity contribution in [3.63, 3.8) is 0 Å². The van der Waals surface area contributed by atoms with Crippen molar-refractivity contribution in [3.8, 4) is 5.75 Å². The zero-order chi connectivity index (χ0) is 23.1. The molecule has 9 heteroatoms. The van der Waals surface area contributed by atoms with E-state index in [1.165, 1.54) is 4.90 Å². The maximum absolute atomic E-state index is 14.1. The van der Waals surface area contributed by atoms with Gasteiger partial charge in [0.05, 0.1) is 6.04 Å². The maximum atomic E-state index is 14.1. The highest BCUT2D eigenvalue weighted by molar-refractivity contribution is 5.92. The van der Waals surface area contributed by atoms with Crippen LogP contribution in [0.5, 0.6) is 5.75 Å². The van der Waals surface area contributed by atoms with Crippen LogP contribution in [0.3, 0.4) is 0 Å². The summed E-state index contributed by atoms with van der Waals surface area (Å²) < 4.78 is 33.3. The molecule has 2 aliphatic rings. The quantitative estimate of drug-likeness (QED) is 0.709. The molecule has 2 amide bonds. The zero-order valence-electron chi connectivity index (χ0n) is 17.9. The summed E-state index contributed by atoms with van der Waals surface area (Å²) in [6, 6.07) is 1.31. The number of aromatic hydroxyl groups is 1. The molecule has 170 valence electrons. The summed E-state index contributed by atoms with van der Waals surface area (Å²) in [7, 11) is 0. The van der Waals surface area contributed by atoms with Crippen LogP contribution in [0.15, 0.2) is 12.1 Å². The molecule has 2 bridgehead atoms. The fourth-order valence-electron chi connectivity index (χ4n) is 4.62. The number of hydrogen-bond donors (Lipinski definition) is 2. The van der Waals surface area contributed by atoms with E-state index in [1.807, 2.05) is 0 Å². The molecule has 1 saturated heterocycles. The van der Waals surface area contributed by atoms with Crippen LogP contribution in [0, 0.1) is 23.5 Å². The third-order valence-corrected chi connectivity index (χ3v) is 5.98. The van der Waals surface area contributed by atoms with Crippen LogP contribution in [0.25, 0.3) is 0 Å². The van der Waals surface area contributed by atoms with Crippen LogP contribution >= 0.6 is 0 Å². The number of halogens is 2. The summed E-state index contributed by atoms with van der Waals surface area (Å²) in [4.78, 5) is 39.3. The van der Waals surface area contributed by atoms with Crippen molar-refractivity contribution in [1.29, 1.82) is 0 Å². The van der Waals surface area contributed by atoms with Gasteiger partial charge in [0.15, 0.2) is 17.3 Å². The van der Waals surface area contributed by atoms with Gasteiger partial charge in [0, 0.05) is 18.4 Å². The Balaban J connectivity index is 1.77. The average Bonchev–Trinajstić information content (AvgIpc) is 3.27. The van der Waals surface area contributed by atoms with Crippen molar-refractivity contribution in [1.82, 2.24) is 4.90 Å². The highest BCUT2D eigenvalue weighted by atomic mass is 19.2.